The number of nitrogens with one attached hydrogen (secondary N) is 2. The SMILES string of the molecule is CCOc1ccc(OCNC(=O)Nc2c(C)cc(C)cc2Cl)cc1. The van der Waals surface area contributed by atoms with E-state index in [0.717, 1.165) is 16.9 Å². The van der Waals surface area contributed by atoms with Gasteiger partial charge in [0.2, 0.25) is 0 Å². The molecule has 0 bridgehead atoms. The van der Waals surface area contributed by atoms with Crippen molar-refractivity contribution in [1.82, 2.24) is 5.32 Å². The van der Waals surface area contributed by atoms with Gasteiger partial charge in [0.05, 0.1) is 17.3 Å². The fraction of sp³-hybridized carbons (Fsp3) is 0.278. The highest BCUT2D eigenvalue weighted by Gasteiger charge is 2.09. The van der Waals surface area contributed by atoms with Gasteiger partial charge in [0.1, 0.15) is 11.5 Å². The molecule has 0 fully saturated rings. The van der Waals surface area contributed by atoms with E-state index in [4.69, 9.17) is 21.1 Å². The van der Waals surface area contributed by atoms with Crippen LogP contribution in [0.1, 0.15) is 18.1 Å². The van der Waals surface area contributed by atoms with Gasteiger partial charge in [-0.1, -0.05) is 17.7 Å². The molecule has 0 saturated carbocycles. The zero-order chi connectivity index (χ0) is 17.5. The van der Waals surface area contributed by atoms with E-state index in [1.807, 2.05) is 39.0 Å². The van der Waals surface area contributed by atoms with Crippen LogP contribution in [0, 0.1) is 13.8 Å². The molecule has 128 valence electrons. The average molecular weight is 349 g/mol. The van der Waals surface area contributed by atoms with Crippen LogP contribution in [0.4, 0.5) is 10.5 Å². The van der Waals surface area contributed by atoms with Crippen molar-refractivity contribution < 1.29 is 14.3 Å². The Bertz CT molecular complexity index is 679. The summed E-state index contributed by atoms with van der Waals surface area (Å²) in [5.74, 6) is 1.42. The maximum atomic E-state index is 12.0. The van der Waals surface area contributed by atoms with Gasteiger partial charge in [0.25, 0.3) is 0 Å². The van der Waals surface area contributed by atoms with Gasteiger partial charge in [0.15, 0.2) is 6.73 Å². The molecule has 0 aliphatic carbocycles. The summed E-state index contributed by atoms with van der Waals surface area (Å²) in [7, 11) is 0. The summed E-state index contributed by atoms with van der Waals surface area (Å²) >= 11 is 6.16. The second-order valence-electron chi connectivity index (χ2n) is 5.26. The lowest BCUT2D eigenvalue weighted by molar-refractivity contribution is 0.234. The van der Waals surface area contributed by atoms with Crippen molar-refractivity contribution in [2.75, 3.05) is 18.7 Å². The van der Waals surface area contributed by atoms with Crippen LogP contribution in [-0.2, 0) is 0 Å². The van der Waals surface area contributed by atoms with E-state index in [-0.39, 0.29) is 12.8 Å². The first-order valence-electron chi connectivity index (χ1n) is 7.67. The topological polar surface area (TPSA) is 59.6 Å². The fourth-order valence-corrected chi connectivity index (χ4v) is 2.58. The third-order valence-electron chi connectivity index (χ3n) is 3.28. The normalized spacial score (nSPS) is 10.2. The van der Waals surface area contributed by atoms with E-state index in [1.54, 1.807) is 18.2 Å². The van der Waals surface area contributed by atoms with Gasteiger partial charge in [-0.05, 0) is 62.2 Å². The van der Waals surface area contributed by atoms with Crippen molar-refractivity contribution in [3.63, 3.8) is 0 Å². The molecule has 0 aliphatic heterocycles. The number of halogens is 1. The molecule has 2 N–H and O–H groups in total. The largest absolute Gasteiger partial charge is 0.494 e. The lowest BCUT2D eigenvalue weighted by Crippen LogP contribution is -2.32. The molecule has 0 unspecified atom stereocenters. The van der Waals surface area contributed by atoms with Gasteiger partial charge >= 0.3 is 6.03 Å². The Morgan fingerprint density at radius 3 is 2.29 bits per heavy atom. The first-order valence-corrected chi connectivity index (χ1v) is 8.04. The van der Waals surface area contributed by atoms with Crippen molar-refractivity contribution in [2.24, 2.45) is 0 Å². The number of carbonyl (C=O) groups excluding carboxylic acids is 1. The number of amides is 2. The number of hydrogen-bond acceptors (Lipinski definition) is 3. The average Bonchev–Trinajstić information content (AvgIpc) is 2.53. The van der Waals surface area contributed by atoms with Gasteiger partial charge in [-0.3, -0.25) is 0 Å². The molecule has 2 rings (SSSR count). The van der Waals surface area contributed by atoms with Gasteiger partial charge in [0, 0.05) is 0 Å². The summed E-state index contributed by atoms with van der Waals surface area (Å²) in [6, 6.07) is 10.6. The minimum atomic E-state index is -0.380. The highest BCUT2D eigenvalue weighted by molar-refractivity contribution is 6.34. The van der Waals surface area contributed by atoms with Crippen LogP contribution in [-0.4, -0.2) is 19.4 Å². The highest BCUT2D eigenvalue weighted by atomic mass is 35.5. The Morgan fingerprint density at radius 2 is 1.71 bits per heavy atom. The van der Waals surface area contributed by atoms with Crippen molar-refractivity contribution in [3.8, 4) is 11.5 Å². The van der Waals surface area contributed by atoms with Gasteiger partial charge in [-0.15, -0.1) is 0 Å². The molecule has 0 heterocycles. The highest BCUT2D eigenvalue weighted by Crippen LogP contribution is 2.27. The summed E-state index contributed by atoms with van der Waals surface area (Å²) in [5.41, 5.74) is 2.55. The van der Waals surface area contributed by atoms with Gasteiger partial charge in [-0.25, -0.2) is 4.79 Å². The zero-order valence-electron chi connectivity index (χ0n) is 14.0. The van der Waals surface area contributed by atoms with E-state index in [2.05, 4.69) is 10.6 Å². The van der Waals surface area contributed by atoms with Crippen LogP contribution in [0.3, 0.4) is 0 Å². The molecule has 0 saturated heterocycles. The Kier molecular flexibility index (Phi) is 6.32. The molecule has 2 aromatic rings. The van der Waals surface area contributed by atoms with Crippen molar-refractivity contribution in [1.29, 1.82) is 0 Å². The fourth-order valence-electron chi connectivity index (χ4n) is 2.22. The van der Waals surface area contributed by atoms with E-state index >= 15 is 0 Å². The Morgan fingerprint density at radius 1 is 1.08 bits per heavy atom. The third kappa shape index (κ3) is 5.06. The first-order chi connectivity index (χ1) is 11.5. The molecule has 24 heavy (non-hydrogen) atoms. The molecule has 2 amide bonds. The van der Waals surface area contributed by atoms with Crippen LogP contribution in [0.2, 0.25) is 5.02 Å². The standard InChI is InChI=1S/C18H21ClN2O3/c1-4-23-14-5-7-15(8-6-14)24-11-20-18(22)21-17-13(3)9-12(2)10-16(17)19/h5-10H,4,11H2,1-3H3,(H2,20,21,22). The summed E-state index contributed by atoms with van der Waals surface area (Å²) in [6.07, 6.45) is 0. The van der Waals surface area contributed by atoms with Crippen molar-refractivity contribution >= 4 is 23.3 Å². The van der Waals surface area contributed by atoms with Crippen LogP contribution in [0.5, 0.6) is 11.5 Å². The Hall–Kier alpha value is -2.40. The molecule has 0 radical (unpaired) electrons. The molecule has 2 aromatic carbocycles. The number of anilines is 1. The number of hydrogen-bond donors (Lipinski definition) is 2. The number of carbonyl (C=O) groups is 1. The Labute approximate surface area is 146 Å². The van der Waals surface area contributed by atoms with E-state index in [1.165, 1.54) is 0 Å². The van der Waals surface area contributed by atoms with Crippen LogP contribution < -0.4 is 20.1 Å². The molecular formula is C18H21ClN2O3. The Balaban J connectivity index is 1.83. The maximum Gasteiger partial charge on any atom is 0.321 e. The number of urea groups is 1. The number of benzene rings is 2. The molecule has 0 spiro atoms. The molecular weight excluding hydrogens is 328 g/mol. The summed E-state index contributed by atoms with van der Waals surface area (Å²) in [5, 5.41) is 5.87. The van der Waals surface area contributed by atoms with Gasteiger partial charge < -0.3 is 20.1 Å². The predicted octanol–water partition coefficient (Wildman–Crippen LogP) is 4.51. The van der Waals surface area contributed by atoms with Crippen LogP contribution in [0.25, 0.3) is 0 Å². The van der Waals surface area contributed by atoms with E-state index < -0.39 is 0 Å². The number of rotatable bonds is 6. The van der Waals surface area contributed by atoms with E-state index in [0.29, 0.717) is 23.1 Å². The third-order valence-corrected chi connectivity index (χ3v) is 3.57. The molecule has 0 atom stereocenters. The maximum absolute atomic E-state index is 12.0. The van der Waals surface area contributed by atoms with Crippen LogP contribution >= 0.6 is 11.6 Å². The number of aryl methyl sites for hydroxylation is 2. The lowest BCUT2D eigenvalue weighted by Gasteiger charge is -2.13. The minimum absolute atomic E-state index is 0.0440. The first kappa shape index (κ1) is 17.9. The second kappa shape index (κ2) is 8.45. The zero-order valence-corrected chi connectivity index (χ0v) is 14.7. The lowest BCUT2D eigenvalue weighted by atomic mass is 10.1. The minimum Gasteiger partial charge on any atom is -0.494 e. The second-order valence-corrected chi connectivity index (χ2v) is 5.67. The van der Waals surface area contributed by atoms with Crippen molar-refractivity contribution in [3.05, 3.63) is 52.5 Å². The summed E-state index contributed by atoms with van der Waals surface area (Å²) < 4.78 is 10.8. The van der Waals surface area contributed by atoms with E-state index in [9.17, 15) is 4.79 Å². The molecule has 5 nitrogen and oxygen atoms in total. The van der Waals surface area contributed by atoms with Crippen LogP contribution in [0.15, 0.2) is 36.4 Å². The molecule has 0 aromatic heterocycles. The van der Waals surface area contributed by atoms with Gasteiger partial charge in [-0.2, -0.15) is 0 Å². The summed E-state index contributed by atoms with van der Waals surface area (Å²) in [4.78, 5) is 12.0. The summed E-state index contributed by atoms with van der Waals surface area (Å²) in [6.45, 7) is 6.43. The molecule has 6 heteroatoms. The van der Waals surface area contributed by atoms with Crippen molar-refractivity contribution in [2.45, 2.75) is 20.8 Å². The predicted molar refractivity (Wildman–Crippen MR) is 96.2 cm³/mol. The quantitative estimate of drug-likeness (QED) is 0.755. The molecule has 0 aliphatic rings. The smallest absolute Gasteiger partial charge is 0.321 e. The monoisotopic (exact) mass is 348 g/mol. The number of ether oxygens (including phenoxy) is 2.